The first-order chi connectivity index (χ1) is 15.6. The number of rotatable bonds is 6. The van der Waals surface area contributed by atoms with Crippen molar-refractivity contribution in [2.24, 2.45) is 0 Å². The Morgan fingerprint density at radius 1 is 0.906 bits per heavy atom. The van der Waals surface area contributed by atoms with Gasteiger partial charge in [0.15, 0.2) is 0 Å². The number of aryl methyl sites for hydroxylation is 1. The van der Waals surface area contributed by atoms with E-state index in [2.05, 4.69) is 93.8 Å². The summed E-state index contributed by atoms with van der Waals surface area (Å²) in [5.41, 5.74) is 3.84. The standard InChI is InChI=1S/C26H36N6/c1-21-6-4-5-7-24(21)30-16-18-31(19-17-30)25-9-8-22-10-13-32(26(22)27-25)15-14-29-12-11-23(20-29)28(2)3/h4-10,13,23H,11-12,14-20H2,1-3H3. The Morgan fingerprint density at radius 3 is 2.44 bits per heavy atom. The Bertz CT molecular complexity index is 1050. The molecule has 0 spiro atoms. The highest BCUT2D eigenvalue weighted by atomic mass is 15.3. The van der Waals surface area contributed by atoms with Crippen LogP contribution in [-0.2, 0) is 6.54 Å². The van der Waals surface area contributed by atoms with E-state index in [1.54, 1.807) is 0 Å². The Balaban J connectivity index is 1.24. The van der Waals surface area contributed by atoms with Gasteiger partial charge in [-0.15, -0.1) is 0 Å². The molecular formula is C26H36N6. The van der Waals surface area contributed by atoms with Crippen LogP contribution in [0.25, 0.3) is 11.0 Å². The average Bonchev–Trinajstić information content (AvgIpc) is 3.45. The van der Waals surface area contributed by atoms with Crippen LogP contribution in [-0.4, -0.2) is 85.3 Å². The number of pyridine rings is 1. The van der Waals surface area contributed by atoms with Crippen LogP contribution in [0.1, 0.15) is 12.0 Å². The summed E-state index contributed by atoms with van der Waals surface area (Å²) in [6.07, 6.45) is 3.48. The number of likely N-dealkylation sites (tertiary alicyclic amines) is 1. The number of hydrogen-bond acceptors (Lipinski definition) is 5. The van der Waals surface area contributed by atoms with Crippen LogP contribution >= 0.6 is 0 Å². The SMILES string of the molecule is Cc1ccccc1N1CCN(c2ccc3ccn(CCN4CCC(N(C)C)C4)c3n2)CC1. The van der Waals surface area contributed by atoms with Crippen molar-refractivity contribution in [3.05, 3.63) is 54.2 Å². The van der Waals surface area contributed by atoms with E-state index in [1.165, 1.54) is 36.1 Å². The van der Waals surface area contributed by atoms with Gasteiger partial charge in [-0.3, -0.25) is 4.90 Å². The molecule has 2 saturated heterocycles. The lowest BCUT2D eigenvalue weighted by Crippen LogP contribution is -2.47. The first kappa shape index (κ1) is 21.3. The molecule has 4 heterocycles. The minimum absolute atomic E-state index is 0.694. The van der Waals surface area contributed by atoms with E-state index >= 15 is 0 Å². The highest BCUT2D eigenvalue weighted by Crippen LogP contribution is 2.24. The number of aromatic nitrogens is 2. The molecule has 3 aromatic rings. The molecule has 2 aromatic heterocycles. The van der Waals surface area contributed by atoms with Crippen molar-refractivity contribution in [2.75, 3.05) is 69.7 Å². The van der Waals surface area contributed by atoms with Crippen LogP contribution in [0.2, 0.25) is 0 Å². The van der Waals surface area contributed by atoms with E-state index in [4.69, 9.17) is 4.98 Å². The Hall–Kier alpha value is -2.57. The summed E-state index contributed by atoms with van der Waals surface area (Å²) < 4.78 is 2.34. The minimum atomic E-state index is 0.694. The van der Waals surface area contributed by atoms with Gasteiger partial charge in [0.1, 0.15) is 11.5 Å². The third kappa shape index (κ3) is 4.34. The molecule has 1 aromatic carbocycles. The van der Waals surface area contributed by atoms with Crippen molar-refractivity contribution >= 4 is 22.5 Å². The van der Waals surface area contributed by atoms with E-state index in [1.807, 2.05) is 0 Å². The molecule has 2 aliphatic heterocycles. The lowest BCUT2D eigenvalue weighted by atomic mass is 10.1. The lowest BCUT2D eigenvalue weighted by Gasteiger charge is -2.37. The molecule has 0 radical (unpaired) electrons. The third-order valence-corrected chi connectivity index (χ3v) is 7.29. The van der Waals surface area contributed by atoms with Crippen molar-refractivity contribution < 1.29 is 0 Å². The number of benzene rings is 1. The zero-order chi connectivity index (χ0) is 22.1. The largest absolute Gasteiger partial charge is 0.368 e. The molecule has 32 heavy (non-hydrogen) atoms. The molecule has 0 bridgehead atoms. The highest BCUT2D eigenvalue weighted by molar-refractivity contribution is 5.78. The van der Waals surface area contributed by atoms with Crippen molar-refractivity contribution in [2.45, 2.75) is 25.9 Å². The summed E-state index contributed by atoms with van der Waals surface area (Å²) in [6, 6.07) is 16.0. The van der Waals surface area contributed by atoms with E-state index in [0.29, 0.717) is 6.04 Å². The fourth-order valence-electron chi connectivity index (χ4n) is 5.19. The second kappa shape index (κ2) is 9.12. The predicted molar refractivity (Wildman–Crippen MR) is 134 cm³/mol. The van der Waals surface area contributed by atoms with Crippen LogP contribution in [0.5, 0.6) is 0 Å². The van der Waals surface area contributed by atoms with Gasteiger partial charge in [0.05, 0.1) is 0 Å². The minimum Gasteiger partial charge on any atom is -0.368 e. The number of likely N-dealkylation sites (N-methyl/N-ethyl adjacent to an activating group) is 1. The highest BCUT2D eigenvalue weighted by Gasteiger charge is 2.24. The molecule has 0 N–H and O–H groups in total. The van der Waals surface area contributed by atoms with Gasteiger partial charge < -0.3 is 19.3 Å². The molecule has 1 unspecified atom stereocenters. The van der Waals surface area contributed by atoms with Crippen LogP contribution in [0.4, 0.5) is 11.5 Å². The number of hydrogen-bond donors (Lipinski definition) is 0. The maximum Gasteiger partial charge on any atom is 0.142 e. The zero-order valence-electron chi connectivity index (χ0n) is 19.7. The van der Waals surface area contributed by atoms with Gasteiger partial charge in [0, 0.05) is 69.1 Å². The van der Waals surface area contributed by atoms with Crippen LogP contribution in [0, 0.1) is 6.92 Å². The molecule has 6 heteroatoms. The van der Waals surface area contributed by atoms with Gasteiger partial charge in [-0.25, -0.2) is 4.98 Å². The summed E-state index contributed by atoms with van der Waals surface area (Å²) in [5, 5.41) is 1.24. The molecule has 6 nitrogen and oxygen atoms in total. The van der Waals surface area contributed by atoms with Crippen LogP contribution in [0.15, 0.2) is 48.7 Å². The molecule has 1 atom stereocenters. The molecule has 170 valence electrons. The van der Waals surface area contributed by atoms with Crippen molar-refractivity contribution in [1.82, 2.24) is 19.4 Å². The van der Waals surface area contributed by atoms with E-state index in [0.717, 1.165) is 50.7 Å². The first-order valence-corrected chi connectivity index (χ1v) is 12.0. The van der Waals surface area contributed by atoms with Gasteiger partial charge >= 0.3 is 0 Å². The second-order valence-electron chi connectivity index (χ2n) is 9.56. The first-order valence-electron chi connectivity index (χ1n) is 12.0. The van der Waals surface area contributed by atoms with Crippen molar-refractivity contribution in [1.29, 1.82) is 0 Å². The Kier molecular flexibility index (Phi) is 6.07. The Morgan fingerprint density at radius 2 is 1.69 bits per heavy atom. The monoisotopic (exact) mass is 432 g/mol. The average molecular weight is 433 g/mol. The summed E-state index contributed by atoms with van der Waals surface area (Å²) >= 11 is 0. The fraction of sp³-hybridized carbons (Fsp3) is 0.500. The predicted octanol–water partition coefficient (Wildman–Crippen LogP) is 3.31. The molecule has 0 saturated carbocycles. The zero-order valence-corrected chi connectivity index (χ0v) is 19.7. The molecule has 5 rings (SSSR count). The lowest BCUT2D eigenvalue weighted by molar-refractivity contribution is 0.264. The van der Waals surface area contributed by atoms with Crippen molar-refractivity contribution in [3.8, 4) is 0 Å². The molecule has 0 aliphatic carbocycles. The molecular weight excluding hydrogens is 396 g/mol. The maximum absolute atomic E-state index is 5.11. The summed E-state index contributed by atoms with van der Waals surface area (Å²) in [5.74, 6) is 1.11. The van der Waals surface area contributed by atoms with Gasteiger partial charge in [-0.2, -0.15) is 0 Å². The number of para-hydroxylation sites is 1. The van der Waals surface area contributed by atoms with Crippen LogP contribution in [0.3, 0.4) is 0 Å². The molecule has 0 amide bonds. The van der Waals surface area contributed by atoms with E-state index in [9.17, 15) is 0 Å². The normalized spacial score (nSPS) is 20.1. The second-order valence-corrected chi connectivity index (χ2v) is 9.56. The van der Waals surface area contributed by atoms with E-state index < -0.39 is 0 Å². The Labute approximate surface area is 192 Å². The van der Waals surface area contributed by atoms with Gasteiger partial charge in [0.25, 0.3) is 0 Å². The van der Waals surface area contributed by atoms with Gasteiger partial charge in [-0.1, -0.05) is 18.2 Å². The number of piperazine rings is 1. The van der Waals surface area contributed by atoms with Gasteiger partial charge in [0.2, 0.25) is 0 Å². The molecule has 2 aliphatic rings. The topological polar surface area (TPSA) is 30.8 Å². The van der Waals surface area contributed by atoms with E-state index in [-0.39, 0.29) is 0 Å². The summed E-state index contributed by atoms with van der Waals surface area (Å²) in [6.45, 7) is 10.8. The summed E-state index contributed by atoms with van der Waals surface area (Å²) in [4.78, 5) is 15.0. The quantitative estimate of drug-likeness (QED) is 0.597. The summed E-state index contributed by atoms with van der Waals surface area (Å²) in [7, 11) is 4.39. The molecule has 2 fully saturated rings. The number of nitrogens with zero attached hydrogens (tertiary/aromatic N) is 6. The maximum atomic E-state index is 5.11. The number of fused-ring (bicyclic) bond motifs is 1. The third-order valence-electron chi connectivity index (χ3n) is 7.29. The number of anilines is 2. The van der Waals surface area contributed by atoms with Crippen molar-refractivity contribution in [3.63, 3.8) is 0 Å². The van der Waals surface area contributed by atoms with Gasteiger partial charge in [-0.05, 0) is 63.8 Å². The fourth-order valence-corrected chi connectivity index (χ4v) is 5.19. The smallest absolute Gasteiger partial charge is 0.142 e. The van der Waals surface area contributed by atoms with Crippen LogP contribution < -0.4 is 9.80 Å².